The van der Waals surface area contributed by atoms with E-state index in [0.29, 0.717) is 24.4 Å². The Hall–Kier alpha value is -1.55. The molecule has 0 aromatic heterocycles. The summed E-state index contributed by atoms with van der Waals surface area (Å²) in [6, 6.07) is 5.59. The maximum Gasteiger partial charge on any atom is 0.255 e. The van der Waals surface area contributed by atoms with Gasteiger partial charge in [-0.2, -0.15) is 0 Å². The van der Waals surface area contributed by atoms with Gasteiger partial charge in [-0.05, 0) is 43.9 Å². The number of amides is 1. The molecule has 1 amide bonds. The van der Waals surface area contributed by atoms with Crippen molar-refractivity contribution in [2.45, 2.75) is 33.6 Å². The Morgan fingerprint density at radius 1 is 1.35 bits per heavy atom. The van der Waals surface area contributed by atoms with Gasteiger partial charge in [0.15, 0.2) is 0 Å². The minimum atomic E-state index is -0.106. The summed E-state index contributed by atoms with van der Waals surface area (Å²) in [5, 5.41) is 3.00. The van der Waals surface area contributed by atoms with Crippen molar-refractivity contribution in [2.75, 3.05) is 20.2 Å². The number of nitrogens with one attached hydrogen (secondary N) is 1. The highest BCUT2D eigenvalue weighted by molar-refractivity contribution is 5.97. The first-order chi connectivity index (χ1) is 9.51. The van der Waals surface area contributed by atoms with Crippen LogP contribution in [0.4, 0.5) is 0 Å². The van der Waals surface area contributed by atoms with E-state index >= 15 is 0 Å². The van der Waals surface area contributed by atoms with Crippen LogP contribution in [0.2, 0.25) is 0 Å². The Morgan fingerprint density at radius 2 is 2.00 bits per heavy atom. The van der Waals surface area contributed by atoms with E-state index in [2.05, 4.69) is 19.2 Å². The van der Waals surface area contributed by atoms with E-state index in [-0.39, 0.29) is 11.3 Å². The summed E-state index contributed by atoms with van der Waals surface area (Å²) >= 11 is 0. The van der Waals surface area contributed by atoms with Gasteiger partial charge < -0.3 is 15.8 Å². The Balaban J connectivity index is 2.84. The van der Waals surface area contributed by atoms with Crippen LogP contribution in [0.1, 0.15) is 42.6 Å². The van der Waals surface area contributed by atoms with Crippen molar-refractivity contribution in [3.8, 4) is 5.75 Å². The molecule has 0 fully saturated rings. The fraction of sp³-hybridized carbons (Fsp3) is 0.562. The highest BCUT2D eigenvalue weighted by atomic mass is 16.5. The highest BCUT2D eigenvalue weighted by Gasteiger charge is 2.25. The lowest BCUT2D eigenvalue weighted by Crippen LogP contribution is -2.41. The zero-order chi connectivity index (χ0) is 15.2. The average molecular weight is 278 g/mol. The van der Waals surface area contributed by atoms with Gasteiger partial charge >= 0.3 is 0 Å². The fourth-order valence-corrected chi connectivity index (χ4v) is 2.22. The summed E-state index contributed by atoms with van der Waals surface area (Å²) in [7, 11) is 1.57. The lowest BCUT2D eigenvalue weighted by molar-refractivity contribution is 0.0925. The molecule has 0 saturated heterocycles. The first-order valence-electron chi connectivity index (χ1n) is 7.14. The number of ether oxygens (including phenoxy) is 1. The van der Waals surface area contributed by atoms with Gasteiger partial charge in [0.1, 0.15) is 5.75 Å². The van der Waals surface area contributed by atoms with E-state index < -0.39 is 0 Å². The van der Waals surface area contributed by atoms with E-state index in [0.717, 1.165) is 18.4 Å². The zero-order valence-corrected chi connectivity index (χ0v) is 13.0. The van der Waals surface area contributed by atoms with Gasteiger partial charge in [0.2, 0.25) is 0 Å². The lowest BCUT2D eigenvalue weighted by Gasteiger charge is -2.30. The molecule has 0 saturated carbocycles. The first-order valence-corrected chi connectivity index (χ1v) is 7.14. The number of hydrogen-bond acceptors (Lipinski definition) is 3. The SMILES string of the molecule is CCC(CC)(CN)CNC(=O)c1cc(C)ccc1OC. The van der Waals surface area contributed by atoms with Crippen LogP contribution in [-0.2, 0) is 0 Å². The smallest absolute Gasteiger partial charge is 0.255 e. The van der Waals surface area contributed by atoms with Crippen LogP contribution in [0.5, 0.6) is 5.75 Å². The molecule has 112 valence electrons. The molecule has 0 unspecified atom stereocenters. The third-order valence-corrected chi connectivity index (χ3v) is 4.16. The summed E-state index contributed by atoms with van der Waals surface area (Å²) in [6.07, 6.45) is 1.90. The number of benzene rings is 1. The number of nitrogens with two attached hydrogens (primary N) is 1. The van der Waals surface area contributed by atoms with Crippen molar-refractivity contribution in [3.63, 3.8) is 0 Å². The second-order valence-electron chi connectivity index (χ2n) is 5.30. The van der Waals surface area contributed by atoms with E-state index in [1.165, 1.54) is 0 Å². The summed E-state index contributed by atoms with van der Waals surface area (Å²) in [4.78, 5) is 12.3. The van der Waals surface area contributed by atoms with Crippen molar-refractivity contribution in [1.82, 2.24) is 5.32 Å². The molecular formula is C16H26N2O2. The number of hydrogen-bond donors (Lipinski definition) is 2. The topological polar surface area (TPSA) is 64.3 Å². The summed E-state index contributed by atoms with van der Waals surface area (Å²) in [5.74, 6) is 0.490. The van der Waals surface area contributed by atoms with Crippen LogP contribution in [0, 0.1) is 12.3 Å². The van der Waals surface area contributed by atoms with E-state index in [4.69, 9.17) is 10.5 Å². The van der Waals surface area contributed by atoms with Gasteiger partial charge in [0.25, 0.3) is 5.91 Å². The van der Waals surface area contributed by atoms with Crippen molar-refractivity contribution in [1.29, 1.82) is 0 Å². The monoisotopic (exact) mass is 278 g/mol. The minimum absolute atomic E-state index is 0.0211. The van der Waals surface area contributed by atoms with Crippen molar-refractivity contribution < 1.29 is 9.53 Å². The van der Waals surface area contributed by atoms with Crippen LogP contribution < -0.4 is 15.8 Å². The largest absolute Gasteiger partial charge is 0.496 e. The molecule has 4 nitrogen and oxygen atoms in total. The Kier molecular flexibility index (Phi) is 6.02. The predicted octanol–water partition coefficient (Wildman–Crippen LogP) is 2.50. The molecule has 1 aromatic carbocycles. The molecule has 0 aliphatic heterocycles. The molecule has 0 heterocycles. The van der Waals surface area contributed by atoms with Crippen molar-refractivity contribution >= 4 is 5.91 Å². The third kappa shape index (κ3) is 3.73. The molecule has 3 N–H and O–H groups in total. The van der Waals surface area contributed by atoms with Gasteiger partial charge in [-0.25, -0.2) is 0 Å². The first kappa shape index (κ1) is 16.5. The minimum Gasteiger partial charge on any atom is -0.496 e. The van der Waals surface area contributed by atoms with Crippen LogP contribution in [0.3, 0.4) is 0 Å². The number of aryl methyl sites for hydroxylation is 1. The Labute approximate surface area is 121 Å². The Morgan fingerprint density at radius 3 is 2.50 bits per heavy atom. The highest BCUT2D eigenvalue weighted by Crippen LogP contribution is 2.24. The average Bonchev–Trinajstić information content (AvgIpc) is 2.49. The maximum atomic E-state index is 12.3. The third-order valence-electron chi connectivity index (χ3n) is 4.16. The number of methoxy groups -OCH3 is 1. The zero-order valence-electron chi connectivity index (χ0n) is 13.0. The lowest BCUT2D eigenvalue weighted by atomic mass is 9.82. The van der Waals surface area contributed by atoms with Crippen molar-refractivity contribution in [2.24, 2.45) is 11.1 Å². The van der Waals surface area contributed by atoms with Crippen LogP contribution in [0.15, 0.2) is 18.2 Å². The van der Waals surface area contributed by atoms with Gasteiger partial charge in [-0.15, -0.1) is 0 Å². The summed E-state index contributed by atoms with van der Waals surface area (Å²) in [5.41, 5.74) is 7.45. The second-order valence-corrected chi connectivity index (χ2v) is 5.30. The molecule has 0 aliphatic rings. The number of rotatable bonds is 7. The standard InChI is InChI=1S/C16H26N2O2/c1-5-16(6-2,10-17)11-18-15(19)13-9-12(3)7-8-14(13)20-4/h7-9H,5-6,10-11,17H2,1-4H3,(H,18,19). The van der Waals surface area contributed by atoms with Gasteiger partial charge in [0, 0.05) is 6.54 Å². The molecular weight excluding hydrogens is 252 g/mol. The summed E-state index contributed by atoms with van der Waals surface area (Å²) in [6.45, 7) is 7.33. The Bertz CT molecular complexity index is 446. The van der Waals surface area contributed by atoms with Crippen LogP contribution >= 0.6 is 0 Å². The van der Waals surface area contributed by atoms with Gasteiger partial charge in [0.05, 0.1) is 12.7 Å². The molecule has 0 aliphatic carbocycles. The molecule has 0 bridgehead atoms. The molecule has 0 spiro atoms. The van der Waals surface area contributed by atoms with Crippen molar-refractivity contribution in [3.05, 3.63) is 29.3 Å². The number of carbonyl (C=O) groups is 1. The van der Waals surface area contributed by atoms with Crippen LogP contribution in [-0.4, -0.2) is 26.1 Å². The second kappa shape index (κ2) is 7.29. The maximum absolute atomic E-state index is 12.3. The number of carbonyl (C=O) groups excluding carboxylic acids is 1. The molecule has 1 aromatic rings. The normalized spacial score (nSPS) is 11.2. The van der Waals surface area contributed by atoms with E-state index in [9.17, 15) is 4.79 Å². The van der Waals surface area contributed by atoms with Gasteiger partial charge in [-0.3, -0.25) is 4.79 Å². The summed E-state index contributed by atoms with van der Waals surface area (Å²) < 4.78 is 5.25. The molecule has 20 heavy (non-hydrogen) atoms. The molecule has 0 atom stereocenters. The van der Waals surface area contributed by atoms with Crippen LogP contribution in [0.25, 0.3) is 0 Å². The molecule has 1 rings (SSSR count). The van der Waals surface area contributed by atoms with Gasteiger partial charge in [-0.1, -0.05) is 25.5 Å². The quantitative estimate of drug-likeness (QED) is 0.805. The predicted molar refractivity (Wildman–Crippen MR) is 82.1 cm³/mol. The fourth-order valence-electron chi connectivity index (χ4n) is 2.22. The molecule has 4 heteroatoms. The van der Waals surface area contributed by atoms with E-state index in [1.54, 1.807) is 7.11 Å². The molecule has 0 radical (unpaired) electrons. The van der Waals surface area contributed by atoms with E-state index in [1.807, 2.05) is 25.1 Å².